The number of hydrogen-bond donors (Lipinski definition) is 1. The van der Waals surface area contributed by atoms with Crippen LogP contribution in [0.4, 0.5) is 13.2 Å². The number of hydrogen-bond acceptors (Lipinski definition) is 2. The molecule has 1 aromatic rings. The molecule has 1 N–H and O–H groups in total. The molecule has 2 nitrogen and oxygen atoms in total. The van der Waals surface area contributed by atoms with Crippen LogP contribution < -0.4 is 5.32 Å². The summed E-state index contributed by atoms with van der Waals surface area (Å²) in [7, 11) is 0. The van der Waals surface area contributed by atoms with Crippen LogP contribution in [-0.4, -0.2) is 25.9 Å². The van der Waals surface area contributed by atoms with Gasteiger partial charge in [-0.15, -0.1) is 0 Å². The summed E-state index contributed by atoms with van der Waals surface area (Å²) in [6, 6.07) is 7.82. The van der Waals surface area contributed by atoms with Crippen LogP contribution in [0.3, 0.4) is 0 Å². The van der Waals surface area contributed by atoms with Crippen molar-refractivity contribution in [3.05, 3.63) is 35.9 Å². The van der Waals surface area contributed by atoms with Crippen molar-refractivity contribution in [3.8, 4) is 0 Å². The van der Waals surface area contributed by atoms with Crippen LogP contribution >= 0.6 is 0 Å². The molecular weight excluding hydrogens is 219 g/mol. The zero-order valence-corrected chi connectivity index (χ0v) is 8.55. The van der Waals surface area contributed by atoms with E-state index in [1.165, 1.54) is 12.1 Å². The first-order chi connectivity index (χ1) is 7.56. The number of ether oxygens (including phenoxy) is 1. The average Bonchev–Trinajstić information content (AvgIpc) is 2.30. The Morgan fingerprint density at radius 2 is 1.88 bits per heavy atom. The van der Waals surface area contributed by atoms with Crippen LogP contribution in [0.25, 0.3) is 0 Å². The molecule has 0 bridgehead atoms. The van der Waals surface area contributed by atoms with Crippen LogP contribution in [0.1, 0.15) is 5.56 Å². The lowest BCUT2D eigenvalue weighted by molar-refractivity contribution is -0.226. The molecule has 0 amide bonds. The summed E-state index contributed by atoms with van der Waals surface area (Å²) >= 11 is 0. The second-order valence-corrected chi connectivity index (χ2v) is 3.75. The first-order valence-corrected chi connectivity index (χ1v) is 5.01. The van der Waals surface area contributed by atoms with Gasteiger partial charge in [0.2, 0.25) is 0 Å². The van der Waals surface area contributed by atoms with Crippen molar-refractivity contribution in [3.63, 3.8) is 0 Å². The smallest absolute Gasteiger partial charge is 0.377 e. The molecule has 1 atom stereocenters. The molecule has 1 fully saturated rings. The highest BCUT2D eigenvalue weighted by Gasteiger charge is 2.56. The van der Waals surface area contributed by atoms with Crippen LogP contribution in [0.5, 0.6) is 0 Å². The third-order valence-electron chi connectivity index (χ3n) is 2.74. The van der Waals surface area contributed by atoms with Gasteiger partial charge in [0.15, 0.2) is 5.54 Å². The molecule has 0 aromatic heterocycles. The van der Waals surface area contributed by atoms with Gasteiger partial charge in [0.1, 0.15) is 0 Å². The topological polar surface area (TPSA) is 21.3 Å². The fourth-order valence-corrected chi connectivity index (χ4v) is 1.87. The van der Waals surface area contributed by atoms with Crippen molar-refractivity contribution in [1.82, 2.24) is 5.32 Å². The molecule has 2 rings (SSSR count). The molecule has 0 saturated carbocycles. The van der Waals surface area contributed by atoms with E-state index in [0.29, 0.717) is 6.61 Å². The first-order valence-electron chi connectivity index (χ1n) is 5.01. The van der Waals surface area contributed by atoms with E-state index < -0.39 is 11.7 Å². The van der Waals surface area contributed by atoms with E-state index in [4.69, 9.17) is 4.74 Å². The van der Waals surface area contributed by atoms with E-state index >= 15 is 0 Å². The van der Waals surface area contributed by atoms with Gasteiger partial charge < -0.3 is 4.74 Å². The second-order valence-electron chi connectivity index (χ2n) is 3.75. The van der Waals surface area contributed by atoms with E-state index in [1.54, 1.807) is 18.2 Å². The van der Waals surface area contributed by atoms with Crippen LogP contribution in [-0.2, 0) is 10.3 Å². The monoisotopic (exact) mass is 231 g/mol. The molecule has 88 valence electrons. The summed E-state index contributed by atoms with van der Waals surface area (Å²) in [4.78, 5) is 0. The molecule has 1 heterocycles. The molecule has 16 heavy (non-hydrogen) atoms. The van der Waals surface area contributed by atoms with Gasteiger partial charge in [0.05, 0.1) is 13.2 Å². The number of rotatable bonds is 1. The third-order valence-corrected chi connectivity index (χ3v) is 2.74. The fraction of sp³-hybridized carbons (Fsp3) is 0.455. The quantitative estimate of drug-likeness (QED) is 0.798. The molecule has 0 spiro atoms. The van der Waals surface area contributed by atoms with Gasteiger partial charge in [-0.05, 0) is 5.56 Å². The predicted octanol–water partition coefficient (Wildman–Crippen LogP) is 2.06. The Morgan fingerprint density at radius 3 is 2.38 bits per heavy atom. The second kappa shape index (κ2) is 4.07. The molecule has 1 aliphatic heterocycles. The summed E-state index contributed by atoms with van der Waals surface area (Å²) in [5.41, 5.74) is -1.87. The standard InChI is InChI=1S/C11H12F3NO/c12-11(13,14)10(8-16-7-6-15-10)9-4-2-1-3-5-9/h1-5,15H,6-8H2. The van der Waals surface area contributed by atoms with Crippen LogP contribution in [0, 0.1) is 0 Å². The summed E-state index contributed by atoms with van der Waals surface area (Å²) in [6.45, 7) is 0.138. The highest BCUT2D eigenvalue weighted by molar-refractivity contribution is 5.27. The lowest BCUT2D eigenvalue weighted by atomic mass is 9.89. The minimum atomic E-state index is -4.37. The fourth-order valence-electron chi connectivity index (χ4n) is 1.87. The maximum Gasteiger partial charge on any atom is 0.413 e. The van der Waals surface area contributed by atoms with Gasteiger partial charge in [0.25, 0.3) is 0 Å². The Balaban J connectivity index is 2.42. The normalized spacial score (nSPS) is 26.7. The van der Waals surface area contributed by atoms with Gasteiger partial charge in [0, 0.05) is 6.54 Å². The number of halogens is 3. The maximum atomic E-state index is 13.1. The molecule has 1 saturated heterocycles. The largest absolute Gasteiger partial charge is 0.413 e. The summed E-state index contributed by atoms with van der Waals surface area (Å²) < 4.78 is 44.4. The van der Waals surface area contributed by atoms with Crippen molar-refractivity contribution in [1.29, 1.82) is 0 Å². The number of benzene rings is 1. The van der Waals surface area contributed by atoms with Crippen molar-refractivity contribution >= 4 is 0 Å². The molecule has 0 radical (unpaired) electrons. The van der Waals surface area contributed by atoms with Crippen molar-refractivity contribution < 1.29 is 17.9 Å². The third kappa shape index (κ3) is 1.81. The lowest BCUT2D eigenvalue weighted by Gasteiger charge is -2.39. The van der Waals surface area contributed by atoms with Crippen molar-refractivity contribution in [2.24, 2.45) is 0 Å². The Kier molecular flexibility index (Phi) is 2.90. The number of nitrogens with one attached hydrogen (secondary N) is 1. The van der Waals surface area contributed by atoms with E-state index in [9.17, 15) is 13.2 Å². The first kappa shape index (κ1) is 11.4. The molecule has 1 unspecified atom stereocenters. The Bertz CT molecular complexity index is 344. The summed E-state index contributed by atoms with van der Waals surface area (Å²) in [5, 5.41) is 2.54. The maximum absolute atomic E-state index is 13.1. The molecular formula is C11H12F3NO. The predicted molar refractivity (Wildman–Crippen MR) is 53.0 cm³/mol. The molecule has 5 heteroatoms. The Labute approximate surface area is 91.4 Å². The Morgan fingerprint density at radius 1 is 1.19 bits per heavy atom. The Hall–Kier alpha value is -1.07. The average molecular weight is 231 g/mol. The van der Waals surface area contributed by atoms with Crippen LogP contribution in [0.15, 0.2) is 30.3 Å². The molecule has 0 aliphatic carbocycles. The summed E-state index contributed by atoms with van der Waals surface area (Å²) in [5.74, 6) is 0. The van der Waals surface area contributed by atoms with E-state index in [2.05, 4.69) is 5.32 Å². The minimum absolute atomic E-state index is 0.196. The zero-order valence-electron chi connectivity index (χ0n) is 8.55. The highest BCUT2D eigenvalue weighted by atomic mass is 19.4. The van der Waals surface area contributed by atoms with Gasteiger partial charge in [-0.25, -0.2) is 0 Å². The van der Waals surface area contributed by atoms with E-state index in [-0.39, 0.29) is 18.7 Å². The van der Waals surface area contributed by atoms with E-state index in [1.807, 2.05) is 0 Å². The number of alkyl halides is 3. The number of morpholine rings is 1. The van der Waals surface area contributed by atoms with Crippen molar-refractivity contribution in [2.75, 3.05) is 19.8 Å². The molecule has 1 aliphatic rings. The van der Waals surface area contributed by atoms with Crippen LogP contribution in [0.2, 0.25) is 0 Å². The minimum Gasteiger partial charge on any atom is -0.377 e. The zero-order chi connectivity index (χ0) is 11.6. The van der Waals surface area contributed by atoms with Gasteiger partial charge >= 0.3 is 6.18 Å². The molecule has 1 aromatic carbocycles. The lowest BCUT2D eigenvalue weighted by Crippen LogP contribution is -2.60. The van der Waals surface area contributed by atoms with Gasteiger partial charge in [-0.1, -0.05) is 30.3 Å². The van der Waals surface area contributed by atoms with Gasteiger partial charge in [-0.3, -0.25) is 5.32 Å². The van der Waals surface area contributed by atoms with E-state index in [0.717, 1.165) is 0 Å². The SMILES string of the molecule is FC(F)(F)C1(c2ccccc2)COCCN1. The summed E-state index contributed by atoms with van der Waals surface area (Å²) in [6.07, 6.45) is -4.37. The van der Waals surface area contributed by atoms with Crippen molar-refractivity contribution in [2.45, 2.75) is 11.7 Å². The highest BCUT2D eigenvalue weighted by Crippen LogP contribution is 2.40. The van der Waals surface area contributed by atoms with Gasteiger partial charge in [-0.2, -0.15) is 13.2 Å².